The number of amides is 1. The van der Waals surface area contributed by atoms with Gasteiger partial charge in [0.15, 0.2) is 6.61 Å². The fourth-order valence-corrected chi connectivity index (χ4v) is 1.68. The van der Waals surface area contributed by atoms with E-state index >= 15 is 0 Å². The maximum atomic E-state index is 11.6. The molecule has 1 aromatic heterocycles. The topological polar surface area (TPSA) is 56.1 Å². The van der Waals surface area contributed by atoms with Crippen LogP contribution in [0, 0.1) is 6.92 Å². The van der Waals surface area contributed by atoms with Crippen molar-refractivity contribution < 1.29 is 9.53 Å². The third-order valence-electron chi connectivity index (χ3n) is 2.70. The fourth-order valence-electron chi connectivity index (χ4n) is 1.68. The van der Waals surface area contributed by atoms with Crippen LogP contribution in [0.1, 0.15) is 11.1 Å². The molecule has 0 aliphatic rings. The number of carbonyl (C=O) groups excluding carboxylic acids is 1. The van der Waals surface area contributed by atoms with Gasteiger partial charge in [-0.25, -0.2) is 0 Å². The Kier molecular flexibility index (Phi) is 4.18. The van der Waals surface area contributed by atoms with Crippen LogP contribution in [0.2, 0.25) is 0 Å². The van der Waals surface area contributed by atoms with Crippen LogP contribution in [0.5, 0.6) is 5.75 Å². The van der Waals surface area contributed by atoms with Crippen molar-refractivity contribution >= 4 is 5.91 Å². The number of carbonyl (C=O) groups is 1. The molecule has 0 saturated heterocycles. The molecule has 5 nitrogen and oxygen atoms in total. The summed E-state index contributed by atoms with van der Waals surface area (Å²) in [5, 5.41) is 6.82. The average molecular weight is 259 g/mol. The van der Waals surface area contributed by atoms with E-state index in [0.29, 0.717) is 6.54 Å². The molecule has 5 heteroatoms. The zero-order valence-corrected chi connectivity index (χ0v) is 11.1. The molecular weight excluding hydrogens is 242 g/mol. The van der Waals surface area contributed by atoms with Gasteiger partial charge in [0.2, 0.25) is 0 Å². The zero-order chi connectivity index (χ0) is 13.7. The lowest BCUT2D eigenvalue weighted by atomic mass is 10.2. The predicted molar refractivity (Wildman–Crippen MR) is 71.7 cm³/mol. The van der Waals surface area contributed by atoms with Crippen LogP contribution in [-0.4, -0.2) is 22.3 Å². The molecule has 0 bridgehead atoms. The third kappa shape index (κ3) is 3.84. The number of rotatable bonds is 5. The van der Waals surface area contributed by atoms with Crippen molar-refractivity contribution in [3.05, 3.63) is 47.8 Å². The van der Waals surface area contributed by atoms with Crippen LogP contribution >= 0.6 is 0 Å². The second kappa shape index (κ2) is 6.04. The Bertz CT molecular complexity index is 563. The summed E-state index contributed by atoms with van der Waals surface area (Å²) in [6, 6.07) is 7.62. The summed E-state index contributed by atoms with van der Waals surface area (Å²) in [6.07, 6.45) is 3.59. The molecule has 2 aromatic rings. The average Bonchev–Trinajstić information content (AvgIpc) is 2.81. The molecule has 0 saturated carbocycles. The summed E-state index contributed by atoms with van der Waals surface area (Å²) < 4.78 is 7.16. The van der Waals surface area contributed by atoms with Crippen molar-refractivity contribution in [2.75, 3.05) is 6.61 Å². The molecule has 0 spiro atoms. The third-order valence-corrected chi connectivity index (χ3v) is 2.70. The van der Waals surface area contributed by atoms with Gasteiger partial charge >= 0.3 is 0 Å². The highest BCUT2D eigenvalue weighted by molar-refractivity contribution is 5.77. The normalized spacial score (nSPS) is 10.2. The van der Waals surface area contributed by atoms with E-state index in [9.17, 15) is 4.79 Å². The van der Waals surface area contributed by atoms with Gasteiger partial charge in [0.05, 0.1) is 6.20 Å². The minimum atomic E-state index is -0.146. The van der Waals surface area contributed by atoms with Crippen LogP contribution in [0.4, 0.5) is 0 Å². The Morgan fingerprint density at radius 1 is 1.42 bits per heavy atom. The number of benzene rings is 1. The number of hydrogen-bond donors (Lipinski definition) is 1. The second-order valence-corrected chi connectivity index (χ2v) is 4.35. The summed E-state index contributed by atoms with van der Waals surface area (Å²) >= 11 is 0. The maximum Gasteiger partial charge on any atom is 0.258 e. The molecule has 1 N–H and O–H groups in total. The van der Waals surface area contributed by atoms with Crippen molar-refractivity contribution in [3.8, 4) is 5.75 Å². The zero-order valence-electron chi connectivity index (χ0n) is 11.1. The van der Waals surface area contributed by atoms with Gasteiger partial charge < -0.3 is 10.1 Å². The highest BCUT2D eigenvalue weighted by Crippen LogP contribution is 2.15. The summed E-state index contributed by atoms with van der Waals surface area (Å²) in [5.74, 6) is 0.589. The number of aromatic nitrogens is 2. The molecule has 1 amide bonds. The molecule has 0 atom stereocenters. The summed E-state index contributed by atoms with van der Waals surface area (Å²) in [7, 11) is 1.84. The molecule has 0 fully saturated rings. The van der Waals surface area contributed by atoms with E-state index in [1.165, 1.54) is 0 Å². The van der Waals surface area contributed by atoms with Crippen LogP contribution in [0.25, 0.3) is 0 Å². The SMILES string of the molecule is Cc1ccccc1OCC(=O)NCc1cnn(C)c1. The van der Waals surface area contributed by atoms with Gasteiger partial charge in [0.25, 0.3) is 5.91 Å². The number of hydrogen-bond acceptors (Lipinski definition) is 3. The monoisotopic (exact) mass is 259 g/mol. The number of para-hydroxylation sites is 1. The Labute approximate surface area is 112 Å². The molecule has 0 unspecified atom stereocenters. The predicted octanol–water partition coefficient (Wildman–Crippen LogP) is 1.42. The van der Waals surface area contributed by atoms with E-state index in [2.05, 4.69) is 10.4 Å². The summed E-state index contributed by atoms with van der Waals surface area (Å²) in [4.78, 5) is 11.6. The second-order valence-electron chi connectivity index (χ2n) is 4.35. The molecule has 0 aliphatic heterocycles. The molecule has 0 radical (unpaired) electrons. The molecular formula is C14H17N3O2. The first-order valence-electron chi connectivity index (χ1n) is 6.08. The van der Waals surface area contributed by atoms with E-state index in [-0.39, 0.29) is 12.5 Å². The Balaban J connectivity index is 1.77. The Morgan fingerprint density at radius 3 is 2.89 bits per heavy atom. The number of aryl methyl sites for hydroxylation is 2. The van der Waals surface area contributed by atoms with Crippen LogP contribution in [-0.2, 0) is 18.4 Å². The van der Waals surface area contributed by atoms with E-state index in [0.717, 1.165) is 16.9 Å². The van der Waals surface area contributed by atoms with Gasteiger partial charge in [-0.05, 0) is 18.6 Å². The number of nitrogens with zero attached hydrogens (tertiary/aromatic N) is 2. The van der Waals surface area contributed by atoms with Crippen molar-refractivity contribution in [1.82, 2.24) is 15.1 Å². The van der Waals surface area contributed by atoms with Crippen LogP contribution in [0.15, 0.2) is 36.7 Å². The standard InChI is InChI=1S/C14H17N3O2/c1-11-5-3-4-6-13(11)19-10-14(18)15-7-12-8-16-17(2)9-12/h3-6,8-9H,7,10H2,1-2H3,(H,15,18). The molecule has 1 heterocycles. The van der Waals surface area contributed by atoms with Gasteiger partial charge in [-0.15, -0.1) is 0 Å². The molecule has 2 rings (SSSR count). The van der Waals surface area contributed by atoms with Crippen molar-refractivity contribution in [3.63, 3.8) is 0 Å². The lowest BCUT2D eigenvalue weighted by molar-refractivity contribution is -0.123. The Morgan fingerprint density at radius 2 is 2.21 bits per heavy atom. The molecule has 0 aliphatic carbocycles. The fraction of sp³-hybridized carbons (Fsp3) is 0.286. The van der Waals surface area contributed by atoms with Gasteiger partial charge in [-0.3, -0.25) is 9.48 Å². The van der Waals surface area contributed by atoms with Gasteiger partial charge in [0, 0.05) is 25.4 Å². The Hall–Kier alpha value is -2.30. The van der Waals surface area contributed by atoms with Gasteiger partial charge in [-0.1, -0.05) is 18.2 Å². The number of ether oxygens (including phenoxy) is 1. The van der Waals surface area contributed by atoms with E-state index in [4.69, 9.17) is 4.74 Å². The summed E-state index contributed by atoms with van der Waals surface area (Å²) in [6.45, 7) is 2.43. The first-order chi connectivity index (χ1) is 9.15. The first-order valence-corrected chi connectivity index (χ1v) is 6.08. The molecule has 1 aromatic carbocycles. The molecule has 100 valence electrons. The van der Waals surface area contributed by atoms with Gasteiger partial charge in [-0.2, -0.15) is 5.10 Å². The summed E-state index contributed by atoms with van der Waals surface area (Å²) in [5.41, 5.74) is 1.98. The minimum Gasteiger partial charge on any atom is -0.484 e. The van der Waals surface area contributed by atoms with Crippen molar-refractivity contribution in [2.24, 2.45) is 7.05 Å². The quantitative estimate of drug-likeness (QED) is 0.883. The van der Waals surface area contributed by atoms with Crippen LogP contribution < -0.4 is 10.1 Å². The van der Waals surface area contributed by atoms with E-state index in [1.54, 1.807) is 10.9 Å². The number of nitrogens with one attached hydrogen (secondary N) is 1. The van der Waals surface area contributed by atoms with Crippen molar-refractivity contribution in [2.45, 2.75) is 13.5 Å². The maximum absolute atomic E-state index is 11.6. The van der Waals surface area contributed by atoms with Crippen molar-refractivity contribution in [1.29, 1.82) is 0 Å². The van der Waals surface area contributed by atoms with E-state index in [1.807, 2.05) is 44.4 Å². The van der Waals surface area contributed by atoms with Gasteiger partial charge in [0.1, 0.15) is 5.75 Å². The lowest BCUT2D eigenvalue weighted by Crippen LogP contribution is -2.28. The smallest absolute Gasteiger partial charge is 0.258 e. The van der Waals surface area contributed by atoms with Crippen LogP contribution in [0.3, 0.4) is 0 Å². The molecule has 19 heavy (non-hydrogen) atoms. The largest absolute Gasteiger partial charge is 0.484 e. The lowest BCUT2D eigenvalue weighted by Gasteiger charge is -2.08. The first kappa shape index (κ1) is 13.1. The highest BCUT2D eigenvalue weighted by atomic mass is 16.5. The minimum absolute atomic E-state index is 0.0190. The van der Waals surface area contributed by atoms with E-state index < -0.39 is 0 Å². The highest BCUT2D eigenvalue weighted by Gasteiger charge is 2.05.